The highest BCUT2D eigenvalue weighted by atomic mass is 16.1. The van der Waals surface area contributed by atoms with Gasteiger partial charge in [-0.3, -0.25) is 4.79 Å². The quantitative estimate of drug-likeness (QED) is 0.780. The second-order valence-corrected chi connectivity index (χ2v) is 5.99. The van der Waals surface area contributed by atoms with Gasteiger partial charge in [-0.15, -0.1) is 0 Å². The first-order valence-corrected chi connectivity index (χ1v) is 7.58. The number of carbonyl (C=O) groups is 1. The smallest absolute Gasteiger partial charge is 0.193 e. The summed E-state index contributed by atoms with van der Waals surface area (Å²) in [5.41, 5.74) is 3.98. The third-order valence-corrected chi connectivity index (χ3v) is 4.40. The second-order valence-electron chi connectivity index (χ2n) is 5.99. The van der Waals surface area contributed by atoms with E-state index in [2.05, 4.69) is 6.07 Å². The first-order valence-electron chi connectivity index (χ1n) is 7.58. The summed E-state index contributed by atoms with van der Waals surface area (Å²) in [6.07, 6.45) is 3.71. The van der Waals surface area contributed by atoms with Crippen LogP contribution in [0.1, 0.15) is 46.7 Å². The molecule has 108 valence electrons. The van der Waals surface area contributed by atoms with Crippen LogP contribution in [0.3, 0.4) is 0 Å². The first-order chi connectivity index (χ1) is 10.2. The van der Waals surface area contributed by atoms with Crippen molar-refractivity contribution in [2.24, 2.45) is 0 Å². The van der Waals surface area contributed by atoms with Crippen LogP contribution in [0, 0.1) is 0 Å². The maximum absolute atomic E-state index is 12.8. The highest BCUT2D eigenvalue weighted by Crippen LogP contribution is 2.38. The summed E-state index contributed by atoms with van der Waals surface area (Å²) in [5.74, 6) is 0.717. The van der Waals surface area contributed by atoms with E-state index in [0.717, 1.165) is 16.8 Å². The molecule has 0 saturated heterocycles. The highest BCUT2D eigenvalue weighted by molar-refractivity contribution is 6.10. The Kier molecular flexibility index (Phi) is 3.78. The standard InChI is InChI=1S/C19H21NO/c1-20(2)16-12-10-15(11-13-16)19(21)18-9-4-3-8-17(18)14-6-5-7-14/h3-4,8-14H,5-7H2,1-2H3. The molecule has 2 nitrogen and oxygen atoms in total. The number of hydrogen-bond donors (Lipinski definition) is 0. The minimum Gasteiger partial charge on any atom is -0.378 e. The van der Waals surface area contributed by atoms with Crippen LogP contribution in [0.5, 0.6) is 0 Å². The van der Waals surface area contributed by atoms with Gasteiger partial charge in [0.05, 0.1) is 0 Å². The lowest BCUT2D eigenvalue weighted by Crippen LogP contribution is -2.14. The van der Waals surface area contributed by atoms with Gasteiger partial charge in [0.15, 0.2) is 5.78 Å². The Balaban J connectivity index is 1.91. The molecule has 2 aromatic carbocycles. The normalized spacial score (nSPS) is 14.6. The molecule has 0 atom stereocenters. The Morgan fingerprint density at radius 3 is 2.24 bits per heavy atom. The van der Waals surface area contributed by atoms with Crippen molar-refractivity contribution in [2.45, 2.75) is 25.2 Å². The van der Waals surface area contributed by atoms with Crippen molar-refractivity contribution in [1.29, 1.82) is 0 Å². The Morgan fingerprint density at radius 1 is 1.00 bits per heavy atom. The molecule has 0 aliphatic heterocycles. The molecule has 0 spiro atoms. The molecule has 1 aliphatic rings. The van der Waals surface area contributed by atoms with Crippen molar-refractivity contribution < 1.29 is 4.79 Å². The van der Waals surface area contributed by atoms with Crippen LogP contribution in [-0.4, -0.2) is 19.9 Å². The van der Waals surface area contributed by atoms with Gasteiger partial charge in [0.2, 0.25) is 0 Å². The molecule has 0 aromatic heterocycles. The maximum atomic E-state index is 12.8. The van der Waals surface area contributed by atoms with E-state index < -0.39 is 0 Å². The lowest BCUT2D eigenvalue weighted by Gasteiger charge is -2.27. The molecule has 1 aliphatic carbocycles. The monoisotopic (exact) mass is 279 g/mol. The molecule has 3 rings (SSSR count). The van der Waals surface area contributed by atoms with Gasteiger partial charge in [0.25, 0.3) is 0 Å². The number of ketones is 1. The summed E-state index contributed by atoms with van der Waals surface area (Å²) in [4.78, 5) is 14.8. The number of carbonyl (C=O) groups excluding carboxylic acids is 1. The molecule has 2 aromatic rings. The molecular formula is C19H21NO. The van der Waals surface area contributed by atoms with E-state index in [4.69, 9.17) is 0 Å². The van der Waals surface area contributed by atoms with Gasteiger partial charge in [-0.25, -0.2) is 0 Å². The molecule has 1 fully saturated rings. The van der Waals surface area contributed by atoms with Crippen LogP contribution in [0.2, 0.25) is 0 Å². The van der Waals surface area contributed by atoms with E-state index in [9.17, 15) is 4.79 Å². The molecule has 0 unspecified atom stereocenters. The maximum Gasteiger partial charge on any atom is 0.193 e. The van der Waals surface area contributed by atoms with E-state index >= 15 is 0 Å². The van der Waals surface area contributed by atoms with Gasteiger partial charge in [-0.2, -0.15) is 0 Å². The molecule has 1 saturated carbocycles. The van der Waals surface area contributed by atoms with Crippen LogP contribution < -0.4 is 4.90 Å². The second kappa shape index (κ2) is 5.72. The topological polar surface area (TPSA) is 20.3 Å². The van der Waals surface area contributed by atoms with Crippen molar-refractivity contribution in [1.82, 2.24) is 0 Å². The van der Waals surface area contributed by atoms with E-state index in [0.29, 0.717) is 5.92 Å². The molecule has 0 radical (unpaired) electrons. The third-order valence-electron chi connectivity index (χ3n) is 4.40. The zero-order chi connectivity index (χ0) is 14.8. The summed E-state index contributed by atoms with van der Waals surface area (Å²) in [7, 11) is 4.01. The van der Waals surface area contributed by atoms with Crippen LogP contribution in [0.15, 0.2) is 48.5 Å². The Labute approximate surface area is 126 Å². The molecule has 0 N–H and O–H groups in total. The van der Waals surface area contributed by atoms with E-state index in [1.165, 1.54) is 24.8 Å². The summed E-state index contributed by atoms with van der Waals surface area (Å²) < 4.78 is 0. The number of anilines is 1. The Bertz CT molecular complexity index is 639. The largest absolute Gasteiger partial charge is 0.378 e. The third kappa shape index (κ3) is 2.71. The summed E-state index contributed by atoms with van der Waals surface area (Å²) in [6.45, 7) is 0. The Hall–Kier alpha value is -2.09. The van der Waals surface area contributed by atoms with Crippen molar-refractivity contribution in [3.63, 3.8) is 0 Å². The predicted molar refractivity (Wildman–Crippen MR) is 87.2 cm³/mol. The SMILES string of the molecule is CN(C)c1ccc(C(=O)c2ccccc2C2CCC2)cc1. The molecule has 0 amide bonds. The number of rotatable bonds is 4. The van der Waals surface area contributed by atoms with Crippen molar-refractivity contribution >= 4 is 11.5 Å². The van der Waals surface area contributed by atoms with E-state index in [1.54, 1.807) is 0 Å². The number of benzene rings is 2. The van der Waals surface area contributed by atoms with Crippen LogP contribution in [0.25, 0.3) is 0 Å². The fraction of sp³-hybridized carbons (Fsp3) is 0.316. The Morgan fingerprint density at radius 2 is 1.67 bits per heavy atom. The van der Waals surface area contributed by atoms with Gasteiger partial charge >= 0.3 is 0 Å². The first kappa shape index (κ1) is 13.9. The van der Waals surface area contributed by atoms with E-state index in [1.807, 2.05) is 61.5 Å². The molecule has 0 heterocycles. The van der Waals surface area contributed by atoms with Gasteiger partial charge in [-0.05, 0) is 48.6 Å². The minimum absolute atomic E-state index is 0.141. The van der Waals surface area contributed by atoms with Gasteiger partial charge in [0, 0.05) is 30.9 Å². The summed E-state index contributed by atoms with van der Waals surface area (Å²) in [6, 6.07) is 15.9. The highest BCUT2D eigenvalue weighted by Gasteiger charge is 2.24. The van der Waals surface area contributed by atoms with Crippen LogP contribution >= 0.6 is 0 Å². The lowest BCUT2D eigenvalue weighted by atomic mass is 9.77. The molecule has 2 heteroatoms. The molecule has 0 bridgehead atoms. The zero-order valence-corrected chi connectivity index (χ0v) is 12.7. The average Bonchev–Trinajstić information content (AvgIpc) is 2.45. The molecule has 21 heavy (non-hydrogen) atoms. The molecular weight excluding hydrogens is 258 g/mol. The summed E-state index contributed by atoms with van der Waals surface area (Å²) in [5, 5.41) is 0. The van der Waals surface area contributed by atoms with Crippen molar-refractivity contribution in [3.05, 3.63) is 65.2 Å². The van der Waals surface area contributed by atoms with Gasteiger partial charge in [0.1, 0.15) is 0 Å². The predicted octanol–water partition coefficient (Wildman–Crippen LogP) is 4.25. The zero-order valence-electron chi connectivity index (χ0n) is 12.7. The fourth-order valence-corrected chi connectivity index (χ4v) is 2.85. The fourth-order valence-electron chi connectivity index (χ4n) is 2.85. The van der Waals surface area contributed by atoms with Crippen LogP contribution in [0.4, 0.5) is 5.69 Å². The van der Waals surface area contributed by atoms with Crippen molar-refractivity contribution in [2.75, 3.05) is 19.0 Å². The van der Waals surface area contributed by atoms with Crippen molar-refractivity contribution in [3.8, 4) is 0 Å². The van der Waals surface area contributed by atoms with E-state index in [-0.39, 0.29) is 5.78 Å². The lowest BCUT2D eigenvalue weighted by molar-refractivity contribution is 0.103. The van der Waals surface area contributed by atoms with Gasteiger partial charge in [-0.1, -0.05) is 30.7 Å². The summed E-state index contributed by atoms with van der Waals surface area (Å²) >= 11 is 0. The number of nitrogens with zero attached hydrogens (tertiary/aromatic N) is 1. The van der Waals surface area contributed by atoms with Gasteiger partial charge < -0.3 is 4.90 Å². The minimum atomic E-state index is 0.141. The number of hydrogen-bond acceptors (Lipinski definition) is 2. The average molecular weight is 279 g/mol. The van der Waals surface area contributed by atoms with Crippen LogP contribution in [-0.2, 0) is 0 Å².